The molecule has 8 nitrogen and oxygen atoms in total. The van der Waals surface area contributed by atoms with Crippen LogP contribution in [0.4, 0.5) is 17.3 Å². The van der Waals surface area contributed by atoms with Crippen molar-refractivity contribution in [1.29, 1.82) is 0 Å². The summed E-state index contributed by atoms with van der Waals surface area (Å²) >= 11 is 0. The Labute approximate surface area is 199 Å². The summed E-state index contributed by atoms with van der Waals surface area (Å²) in [5.41, 5.74) is 5.07. The topological polar surface area (TPSA) is 93.0 Å². The highest BCUT2D eigenvalue weighted by atomic mass is 32.2. The van der Waals surface area contributed by atoms with E-state index in [0.29, 0.717) is 28.8 Å². The molecular weight excluding hydrogens is 448 g/mol. The minimum absolute atomic E-state index is 0.265. The molecule has 1 aliphatic heterocycles. The second-order valence-corrected chi connectivity index (χ2v) is 10.5. The summed E-state index contributed by atoms with van der Waals surface area (Å²) in [6.07, 6.45) is 5.99. The number of fused-ring (bicyclic) bond motifs is 1. The molecule has 34 heavy (non-hydrogen) atoms. The number of hydrogen-bond acceptors (Lipinski definition) is 6. The summed E-state index contributed by atoms with van der Waals surface area (Å²) in [5.74, 6) is 0.711. The maximum Gasteiger partial charge on any atom is 0.264 e. The number of sulfonamides is 1. The van der Waals surface area contributed by atoms with Gasteiger partial charge in [-0.25, -0.2) is 18.4 Å². The van der Waals surface area contributed by atoms with Crippen LogP contribution >= 0.6 is 0 Å². The van der Waals surface area contributed by atoms with Crippen molar-refractivity contribution in [1.82, 2.24) is 19.7 Å². The van der Waals surface area contributed by atoms with E-state index in [1.165, 1.54) is 4.31 Å². The van der Waals surface area contributed by atoms with E-state index in [2.05, 4.69) is 27.3 Å². The second-order valence-electron chi connectivity index (χ2n) is 8.65. The van der Waals surface area contributed by atoms with Crippen LogP contribution in [-0.4, -0.2) is 34.7 Å². The van der Waals surface area contributed by atoms with Crippen LogP contribution in [0.15, 0.2) is 72.0 Å². The fourth-order valence-corrected chi connectivity index (χ4v) is 5.70. The van der Waals surface area contributed by atoms with Gasteiger partial charge in [0.25, 0.3) is 10.0 Å². The normalized spacial score (nSPS) is 15.7. The van der Waals surface area contributed by atoms with Gasteiger partial charge in [0.1, 0.15) is 0 Å². The summed E-state index contributed by atoms with van der Waals surface area (Å²) in [4.78, 5) is 9.25. The Kier molecular flexibility index (Phi) is 5.57. The number of anilines is 3. The molecule has 2 aromatic carbocycles. The highest BCUT2D eigenvalue weighted by Gasteiger charge is 2.32. The van der Waals surface area contributed by atoms with Crippen molar-refractivity contribution in [3.8, 4) is 11.3 Å². The monoisotopic (exact) mass is 474 g/mol. The molecule has 3 heterocycles. The lowest BCUT2D eigenvalue weighted by Gasteiger charge is -2.34. The number of rotatable bonds is 5. The molecule has 0 aliphatic carbocycles. The van der Waals surface area contributed by atoms with Gasteiger partial charge in [0.05, 0.1) is 28.2 Å². The maximum atomic E-state index is 13.6. The largest absolute Gasteiger partial charge is 0.321 e. The fourth-order valence-electron chi connectivity index (χ4n) is 4.20. The molecular formula is C25H26N6O2S. The zero-order valence-corrected chi connectivity index (χ0v) is 20.1. The lowest BCUT2D eigenvalue weighted by Crippen LogP contribution is -2.36. The Morgan fingerprint density at radius 2 is 1.88 bits per heavy atom. The molecule has 0 radical (unpaired) electrons. The van der Waals surface area contributed by atoms with Gasteiger partial charge in [-0.3, -0.25) is 8.99 Å². The lowest BCUT2D eigenvalue weighted by atomic mass is 9.91. The number of aryl methyl sites for hydroxylation is 2. The van der Waals surface area contributed by atoms with Crippen molar-refractivity contribution in [2.75, 3.05) is 16.2 Å². The molecule has 0 bridgehead atoms. The maximum absolute atomic E-state index is 13.6. The summed E-state index contributed by atoms with van der Waals surface area (Å²) in [5, 5.41) is 7.30. The van der Waals surface area contributed by atoms with Crippen LogP contribution in [0.5, 0.6) is 0 Å². The van der Waals surface area contributed by atoms with Gasteiger partial charge in [-0.1, -0.05) is 36.8 Å². The first kappa shape index (κ1) is 22.1. The first-order valence-electron chi connectivity index (χ1n) is 11.1. The third-order valence-electron chi connectivity index (χ3n) is 6.12. The number of nitrogens with zero attached hydrogens (tertiary/aromatic N) is 5. The van der Waals surface area contributed by atoms with Crippen LogP contribution in [0.2, 0.25) is 0 Å². The van der Waals surface area contributed by atoms with E-state index in [0.717, 1.165) is 28.8 Å². The summed E-state index contributed by atoms with van der Waals surface area (Å²) in [6.45, 7) is 4.51. The Hall–Kier alpha value is -3.72. The van der Waals surface area contributed by atoms with Gasteiger partial charge in [0.15, 0.2) is 0 Å². The highest BCUT2D eigenvalue weighted by Crippen LogP contribution is 2.40. The van der Waals surface area contributed by atoms with Crippen LogP contribution in [-0.2, 0) is 17.1 Å². The average molecular weight is 475 g/mol. The van der Waals surface area contributed by atoms with Crippen molar-refractivity contribution in [3.05, 3.63) is 78.2 Å². The van der Waals surface area contributed by atoms with Crippen LogP contribution in [0.3, 0.4) is 0 Å². The number of nitrogens with one attached hydrogen (secondary N) is 1. The first-order valence-corrected chi connectivity index (χ1v) is 12.6. The smallest absolute Gasteiger partial charge is 0.264 e. The van der Waals surface area contributed by atoms with Gasteiger partial charge < -0.3 is 5.32 Å². The van der Waals surface area contributed by atoms with E-state index >= 15 is 0 Å². The molecule has 0 saturated carbocycles. The SMILES string of the molecule is Cc1ccc(S(=O)(=O)N2CCC(C)c3ccc(-c4ccnc(Nc5cnn(C)c5)n4)cc32)cc1. The standard InChI is InChI=1S/C25H26N6O2S/c1-17-4-7-21(8-5-17)34(32,33)31-13-11-18(2)22-9-6-19(14-24(22)31)23-10-12-26-25(29-23)28-20-15-27-30(3)16-20/h4-10,12,14-16,18H,11,13H2,1-3H3,(H,26,28,29). The Bertz CT molecular complexity index is 1450. The zero-order chi connectivity index (χ0) is 23.9. The molecule has 0 fully saturated rings. The molecule has 174 valence electrons. The van der Waals surface area contributed by atoms with Gasteiger partial charge >= 0.3 is 0 Å². The quantitative estimate of drug-likeness (QED) is 0.453. The van der Waals surface area contributed by atoms with Crippen molar-refractivity contribution in [2.24, 2.45) is 7.05 Å². The van der Waals surface area contributed by atoms with Gasteiger partial charge in [0, 0.05) is 31.5 Å². The molecule has 0 saturated heterocycles. The first-order chi connectivity index (χ1) is 16.3. The molecule has 2 aromatic heterocycles. The molecule has 1 N–H and O–H groups in total. The Morgan fingerprint density at radius 1 is 1.09 bits per heavy atom. The third kappa shape index (κ3) is 4.14. The molecule has 0 amide bonds. The van der Waals surface area contributed by atoms with Crippen molar-refractivity contribution in [3.63, 3.8) is 0 Å². The molecule has 1 unspecified atom stereocenters. The summed E-state index contributed by atoms with van der Waals surface area (Å²) < 4.78 is 30.3. The highest BCUT2D eigenvalue weighted by molar-refractivity contribution is 7.92. The van der Waals surface area contributed by atoms with Gasteiger partial charge in [-0.15, -0.1) is 0 Å². The predicted octanol–water partition coefficient (Wildman–Crippen LogP) is 4.63. The fraction of sp³-hybridized carbons (Fsp3) is 0.240. The van der Waals surface area contributed by atoms with Crippen molar-refractivity contribution in [2.45, 2.75) is 31.1 Å². The number of aromatic nitrogens is 4. The molecule has 5 rings (SSSR count). The van der Waals surface area contributed by atoms with Crippen LogP contribution in [0, 0.1) is 6.92 Å². The van der Waals surface area contributed by atoms with E-state index in [1.54, 1.807) is 29.2 Å². The zero-order valence-electron chi connectivity index (χ0n) is 19.3. The van der Waals surface area contributed by atoms with E-state index in [1.807, 2.05) is 56.6 Å². The minimum Gasteiger partial charge on any atom is -0.321 e. The number of hydrogen-bond donors (Lipinski definition) is 1. The average Bonchev–Trinajstić information content (AvgIpc) is 3.23. The molecule has 0 spiro atoms. The van der Waals surface area contributed by atoms with E-state index in [9.17, 15) is 8.42 Å². The molecule has 1 atom stereocenters. The molecule has 9 heteroatoms. The third-order valence-corrected chi connectivity index (χ3v) is 7.94. The van der Waals surface area contributed by atoms with Gasteiger partial charge in [-0.2, -0.15) is 5.10 Å². The van der Waals surface area contributed by atoms with Crippen LogP contribution in [0.1, 0.15) is 30.4 Å². The van der Waals surface area contributed by atoms with Gasteiger partial charge in [-0.05, 0) is 49.1 Å². The van der Waals surface area contributed by atoms with E-state index in [-0.39, 0.29) is 5.92 Å². The van der Waals surface area contributed by atoms with Crippen molar-refractivity contribution < 1.29 is 8.42 Å². The molecule has 1 aliphatic rings. The summed E-state index contributed by atoms with van der Waals surface area (Å²) in [7, 11) is -1.84. The van der Waals surface area contributed by atoms with E-state index < -0.39 is 10.0 Å². The number of benzene rings is 2. The Morgan fingerprint density at radius 3 is 2.62 bits per heavy atom. The van der Waals surface area contributed by atoms with Gasteiger partial charge in [0.2, 0.25) is 5.95 Å². The molecule has 4 aromatic rings. The predicted molar refractivity (Wildman–Crippen MR) is 133 cm³/mol. The van der Waals surface area contributed by atoms with Crippen LogP contribution < -0.4 is 9.62 Å². The van der Waals surface area contributed by atoms with E-state index in [4.69, 9.17) is 0 Å². The van der Waals surface area contributed by atoms with Crippen molar-refractivity contribution >= 4 is 27.3 Å². The second kappa shape index (κ2) is 8.57. The Balaban J connectivity index is 1.53. The minimum atomic E-state index is -3.68. The summed E-state index contributed by atoms with van der Waals surface area (Å²) in [6, 6.07) is 14.8. The lowest BCUT2D eigenvalue weighted by molar-refractivity contribution is 0.578. The van der Waals surface area contributed by atoms with Crippen LogP contribution in [0.25, 0.3) is 11.3 Å².